The third-order valence-electron chi connectivity index (χ3n) is 4.62. The first-order valence-electron chi connectivity index (χ1n) is 10.3. The molecule has 0 unspecified atom stereocenters. The number of esters is 1. The minimum Gasteiger partial charge on any atom is -0.487 e. The van der Waals surface area contributed by atoms with Crippen LogP contribution in [0.15, 0.2) is 79.1 Å². The summed E-state index contributed by atoms with van der Waals surface area (Å²) in [4.78, 5) is 29.1. The normalized spacial score (nSPS) is 10.8. The number of ether oxygens (including phenoxy) is 2. The van der Waals surface area contributed by atoms with Crippen molar-refractivity contribution in [1.82, 2.24) is 9.38 Å². The van der Waals surface area contributed by atoms with Crippen LogP contribution in [0.3, 0.4) is 0 Å². The molecular formula is C25H23N3O4. The Morgan fingerprint density at radius 3 is 2.56 bits per heavy atom. The van der Waals surface area contributed by atoms with E-state index >= 15 is 0 Å². The van der Waals surface area contributed by atoms with Crippen LogP contribution in [0.2, 0.25) is 0 Å². The van der Waals surface area contributed by atoms with E-state index in [1.54, 1.807) is 62.4 Å². The summed E-state index contributed by atoms with van der Waals surface area (Å²) in [6.07, 6.45) is 3.65. The molecular weight excluding hydrogens is 406 g/mol. The molecule has 7 heteroatoms. The summed E-state index contributed by atoms with van der Waals surface area (Å²) in [7, 11) is 0. The van der Waals surface area contributed by atoms with Crippen LogP contribution >= 0.6 is 0 Å². The number of benzene rings is 2. The lowest BCUT2D eigenvalue weighted by atomic mass is 10.1. The van der Waals surface area contributed by atoms with Crippen molar-refractivity contribution in [1.29, 1.82) is 0 Å². The fraction of sp³-hybridized carbons (Fsp3) is 0.160. The number of nitrogens with one attached hydrogen (secondary N) is 1. The quantitative estimate of drug-likeness (QED) is 0.430. The summed E-state index contributed by atoms with van der Waals surface area (Å²) in [6.45, 7) is 3.88. The first kappa shape index (κ1) is 21.1. The molecule has 0 saturated carbocycles. The molecule has 2 aromatic carbocycles. The Balaban J connectivity index is 1.38. The molecule has 7 nitrogen and oxygen atoms in total. The van der Waals surface area contributed by atoms with Crippen LogP contribution in [0.5, 0.6) is 5.75 Å². The summed E-state index contributed by atoms with van der Waals surface area (Å²) >= 11 is 0. The number of rotatable bonds is 7. The number of pyridine rings is 1. The lowest BCUT2D eigenvalue weighted by Crippen LogP contribution is -2.13. The third kappa shape index (κ3) is 5.13. The number of amides is 1. The van der Waals surface area contributed by atoms with Crippen molar-refractivity contribution in [2.75, 3.05) is 5.32 Å². The van der Waals surface area contributed by atoms with Crippen molar-refractivity contribution in [3.63, 3.8) is 0 Å². The first-order valence-corrected chi connectivity index (χ1v) is 10.3. The molecule has 1 N–H and O–H groups in total. The molecule has 0 bridgehead atoms. The predicted molar refractivity (Wildman–Crippen MR) is 121 cm³/mol. The zero-order valence-corrected chi connectivity index (χ0v) is 17.8. The van der Waals surface area contributed by atoms with Gasteiger partial charge in [0, 0.05) is 23.6 Å². The van der Waals surface area contributed by atoms with Gasteiger partial charge >= 0.3 is 5.97 Å². The zero-order valence-electron chi connectivity index (χ0n) is 17.8. The molecule has 162 valence electrons. The summed E-state index contributed by atoms with van der Waals surface area (Å²) in [5.41, 5.74) is 3.11. The second-order valence-corrected chi connectivity index (χ2v) is 7.50. The average molecular weight is 429 g/mol. The number of carbonyl (C=O) groups excluding carboxylic acids is 2. The number of fused-ring (bicyclic) bond motifs is 1. The zero-order chi connectivity index (χ0) is 22.5. The van der Waals surface area contributed by atoms with Crippen molar-refractivity contribution in [3.05, 3.63) is 95.9 Å². The fourth-order valence-electron chi connectivity index (χ4n) is 3.12. The Hall–Kier alpha value is -4.13. The Kier molecular flexibility index (Phi) is 6.17. The Bertz CT molecular complexity index is 1210. The van der Waals surface area contributed by atoms with Gasteiger partial charge in [0.25, 0.3) is 5.91 Å². The van der Waals surface area contributed by atoms with Gasteiger partial charge in [0.15, 0.2) is 0 Å². The van der Waals surface area contributed by atoms with Gasteiger partial charge < -0.3 is 19.2 Å². The van der Waals surface area contributed by atoms with E-state index in [0.717, 1.165) is 11.3 Å². The van der Waals surface area contributed by atoms with Crippen molar-refractivity contribution in [2.24, 2.45) is 0 Å². The molecule has 0 aliphatic carbocycles. The van der Waals surface area contributed by atoms with Crippen LogP contribution in [-0.4, -0.2) is 27.4 Å². The number of hydrogen-bond acceptors (Lipinski definition) is 5. The van der Waals surface area contributed by atoms with Gasteiger partial charge in [-0.1, -0.05) is 12.1 Å². The van der Waals surface area contributed by atoms with E-state index in [-0.39, 0.29) is 12.0 Å². The first-order chi connectivity index (χ1) is 15.5. The molecule has 0 saturated heterocycles. The van der Waals surface area contributed by atoms with Crippen LogP contribution in [-0.2, 0) is 11.3 Å². The minimum atomic E-state index is -0.395. The number of hydrogen-bond donors (Lipinski definition) is 1. The van der Waals surface area contributed by atoms with E-state index in [1.807, 2.05) is 35.0 Å². The second-order valence-electron chi connectivity index (χ2n) is 7.50. The number of imidazole rings is 1. The SMILES string of the molecule is CC(C)OC(=O)c1ccc(NC(=O)c2cccc(OCc3cn4ccccc4n3)c2)cc1. The van der Waals surface area contributed by atoms with Crippen LogP contribution < -0.4 is 10.1 Å². The lowest BCUT2D eigenvalue weighted by Gasteiger charge is -2.10. The highest BCUT2D eigenvalue weighted by molar-refractivity contribution is 6.04. The van der Waals surface area contributed by atoms with Crippen LogP contribution in [0, 0.1) is 0 Å². The van der Waals surface area contributed by atoms with Crippen LogP contribution in [0.25, 0.3) is 5.65 Å². The molecule has 4 aromatic rings. The van der Waals surface area contributed by atoms with E-state index in [9.17, 15) is 9.59 Å². The summed E-state index contributed by atoms with van der Waals surface area (Å²) in [5.74, 6) is -0.101. The highest BCUT2D eigenvalue weighted by Gasteiger charge is 2.11. The number of carbonyl (C=O) groups is 2. The highest BCUT2D eigenvalue weighted by atomic mass is 16.5. The van der Waals surface area contributed by atoms with Gasteiger partial charge in [0.05, 0.1) is 17.4 Å². The lowest BCUT2D eigenvalue weighted by molar-refractivity contribution is 0.0378. The molecule has 2 heterocycles. The van der Waals surface area contributed by atoms with Crippen LogP contribution in [0.4, 0.5) is 5.69 Å². The topological polar surface area (TPSA) is 81.9 Å². The average Bonchev–Trinajstić information content (AvgIpc) is 3.21. The maximum Gasteiger partial charge on any atom is 0.338 e. The maximum atomic E-state index is 12.6. The van der Waals surface area contributed by atoms with Gasteiger partial charge in [-0.2, -0.15) is 0 Å². The molecule has 1 amide bonds. The van der Waals surface area contributed by atoms with Crippen LogP contribution in [0.1, 0.15) is 40.3 Å². The summed E-state index contributed by atoms with van der Waals surface area (Å²) < 4.78 is 12.9. The van der Waals surface area contributed by atoms with Gasteiger partial charge in [0.1, 0.15) is 18.0 Å². The van der Waals surface area contributed by atoms with E-state index in [0.29, 0.717) is 29.2 Å². The molecule has 32 heavy (non-hydrogen) atoms. The Morgan fingerprint density at radius 2 is 1.81 bits per heavy atom. The molecule has 0 aliphatic heterocycles. The molecule has 0 fully saturated rings. The molecule has 0 radical (unpaired) electrons. The maximum absolute atomic E-state index is 12.6. The minimum absolute atomic E-state index is 0.191. The summed E-state index contributed by atoms with van der Waals surface area (Å²) in [6, 6.07) is 19.3. The number of anilines is 1. The van der Waals surface area contributed by atoms with Gasteiger partial charge in [-0.15, -0.1) is 0 Å². The Morgan fingerprint density at radius 1 is 1.00 bits per heavy atom. The van der Waals surface area contributed by atoms with Gasteiger partial charge in [0.2, 0.25) is 0 Å². The second kappa shape index (κ2) is 9.34. The highest BCUT2D eigenvalue weighted by Crippen LogP contribution is 2.18. The van der Waals surface area contributed by atoms with Gasteiger partial charge in [-0.3, -0.25) is 4.79 Å². The fourth-order valence-corrected chi connectivity index (χ4v) is 3.12. The van der Waals surface area contributed by atoms with E-state index in [4.69, 9.17) is 9.47 Å². The van der Waals surface area contributed by atoms with Crippen molar-refractivity contribution in [3.8, 4) is 5.75 Å². The van der Waals surface area contributed by atoms with Crippen molar-refractivity contribution in [2.45, 2.75) is 26.6 Å². The van der Waals surface area contributed by atoms with E-state index < -0.39 is 5.97 Å². The summed E-state index contributed by atoms with van der Waals surface area (Å²) in [5, 5.41) is 2.82. The number of nitrogens with zero attached hydrogens (tertiary/aromatic N) is 2. The van der Waals surface area contributed by atoms with Crippen molar-refractivity contribution >= 4 is 23.2 Å². The predicted octanol–water partition coefficient (Wildman–Crippen LogP) is 4.73. The molecule has 0 atom stereocenters. The third-order valence-corrected chi connectivity index (χ3v) is 4.62. The Labute approximate surface area is 185 Å². The van der Waals surface area contributed by atoms with E-state index in [1.165, 1.54) is 0 Å². The standard InChI is InChI=1S/C25H23N3O4/c1-17(2)32-25(30)18-9-11-20(12-10-18)27-24(29)19-6-5-7-22(14-19)31-16-21-15-28-13-4-3-8-23(28)26-21/h3-15,17H,16H2,1-2H3,(H,27,29). The molecule has 4 rings (SSSR count). The van der Waals surface area contributed by atoms with Crippen molar-refractivity contribution < 1.29 is 19.1 Å². The van der Waals surface area contributed by atoms with Gasteiger partial charge in [-0.25, -0.2) is 9.78 Å². The molecule has 2 aromatic heterocycles. The van der Waals surface area contributed by atoms with E-state index in [2.05, 4.69) is 10.3 Å². The smallest absolute Gasteiger partial charge is 0.338 e. The van der Waals surface area contributed by atoms with Gasteiger partial charge in [-0.05, 0) is 68.4 Å². The molecule has 0 aliphatic rings. The number of aromatic nitrogens is 2. The monoisotopic (exact) mass is 429 g/mol. The molecule has 0 spiro atoms. The largest absolute Gasteiger partial charge is 0.487 e.